The van der Waals surface area contributed by atoms with Crippen LogP contribution in [0.1, 0.15) is 57.2 Å². The first-order valence-electron chi connectivity index (χ1n) is 16.0. The zero-order valence-corrected chi connectivity index (χ0v) is 28.4. The number of rotatable bonds is 11. The van der Waals surface area contributed by atoms with Crippen LogP contribution in [0.25, 0.3) is 21.5 Å². The van der Waals surface area contributed by atoms with Crippen molar-refractivity contribution in [3.63, 3.8) is 0 Å². The molecular formula is C41H45NO3S. The zero-order chi connectivity index (χ0) is 33.1. The van der Waals surface area contributed by atoms with Gasteiger partial charge in [0.1, 0.15) is 0 Å². The van der Waals surface area contributed by atoms with Gasteiger partial charge in [-0.1, -0.05) is 137 Å². The fraction of sp³-hybridized carbons (Fsp3) is 0.268. The van der Waals surface area contributed by atoms with Gasteiger partial charge in [-0.3, -0.25) is 4.55 Å². The molecule has 4 aromatic rings. The van der Waals surface area contributed by atoms with E-state index in [-0.39, 0.29) is 16.6 Å². The van der Waals surface area contributed by atoms with Gasteiger partial charge in [-0.05, 0) is 75.7 Å². The molecule has 0 aromatic heterocycles. The Kier molecular flexibility index (Phi) is 9.57. The first-order valence-corrected chi connectivity index (χ1v) is 17.6. The number of benzene rings is 4. The molecule has 1 N–H and O–H groups in total. The Labute approximate surface area is 274 Å². The van der Waals surface area contributed by atoms with Crippen LogP contribution in [0.15, 0.2) is 133 Å². The lowest BCUT2D eigenvalue weighted by Crippen LogP contribution is -2.27. The topological polar surface area (TPSA) is 57.6 Å². The van der Waals surface area contributed by atoms with E-state index in [2.05, 4.69) is 137 Å². The fourth-order valence-electron chi connectivity index (χ4n) is 6.92. The summed E-state index contributed by atoms with van der Waals surface area (Å²) in [5.74, 6) is -0.225. The lowest BCUT2D eigenvalue weighted by molar-refractivity contribution is 0.480. The molecule has 4 aromatic carbocycles. The van der Waals surface area contributed by atoms with Crippen LogP contribution in [0, 0.1) is 6.92 Å². The van der Waals surface area contributed by atoms with Crippen molar-refractivity contribution in [1.82, 2.24) is 0 Å². The average molecular weight is 632 g/mol. The van der Waals surface area contributed by atoms with Crippen LogP contribution in [0.3, 0.4) is 0 Å². The van der Waals surface area contributed by atoms with E-state index in [1.165, 1.54) is 38.2 Å². The summed E-state index contributed by atoms with van der Waals surface area (Å²) in [4.78, 5) is 2.31. The lowest BCUT2D eigenvalue weighted by atomic mass is 9.74. The summed E-state index contributed by atoms with van der Waals surface area (Å²) in [5.41, 5.74) is 6.73. The third-order valence-corrected chi connectivity index (χ3v) is 10.2. The number of unbranched alkanes of at least 4 members (excludes halogenated alkanes) is 1. The predicted molar refractivity (Wildman–Crippen MR) is 196 cm³/mol. The minimum atomic E-state index is -3.97. The number of allylic oxidation sites excluding steroid dienone is 9. The summed E-state index contributed by atoms with van der Waals surface area (Å²) in [6.07, 6.45) is 15.5. The van der Waals surface area contributed by atoms with E-state index in [0.717, 1.165) is 17.0 Å². The van der Waals surface area contributed by atoms with Crippen molar-refractivity contribution < 1.29 is 13.0 Å². The molecule has 0 unspecified atom stereocenters. The molecule has 0 bridgehead atoms. The molecule has 1 aliphatic rings. The number of nitrogens with zero attached hydrogens (tertiary/aromatic N) is 1. The highest BCUT2D eigenvalue weighted by Gasteiger charge is 2.40. The second-order valence-electron chi connectivity index (χ2n) is 13.3. The van der Waals surface area contributed by atoms with Crippen molar-refractivity contribution in [3.8, 4) is 0 Å². The van der Waals surface area contributed by atoms with Crippen molar-refractivity contribution in [1.29, 1.82) is 0 Å². The minimum Gasteiger partial charge on any atom is -0.344 e. The van der Waals surface area contributed by atoms with Gasteiger partial charge in [0.25, 0.3) is 10.1 Å². The Hall–Kier alpha value is -4.19. The molecule has 1 aliphatic heterocycles. The maximum Gasteiger partial charge on any atom is 0.264 e. The van der Waals surface area contributed by atoms with Gasteiger partial charge in [0.2, 0.25) is 0 Å². The second kappa shape index (κ2) is 13.3. The van der Waals surface area contributed by atoms with Crippen LogP contribution >= 0.6 is 0 Å². The molecule has 0 aliphatic carbocycles. The molecule has 0 fully saturated rings. The molecule has 46 heavy (non-hydrogen) atoms. The van der Waals surface area contributed by atoms with Crippen molar-refractivity contribution in [3.05, 3.63) is 150 Å². The Morgan fingerprint density at radius 2 is 1.46 bits per heavy atom. The third kappa shape index (κ3) is 6.81. The van der Waals surface area contributed by atoms with Gasteiger partial charge in [-0.15, -0.1) is 0 Å². The van der Waals surface area contributed by atoms with Crippen LogP contribution in [0.2, 0.25) is 0 Å². The van der Waals surface area contributed by atoms with E-state index in [4.69, 9.17) is 0 Å². The highest BCUT2D eigenvalue weighted by Crippen LogP contribution is 2.50. The molecule has 0 saturated carbocycles. The van der Waals surface area contributed by atoms with E-state index in [1.54, 1.807) is 0 Å². The summed E-state index contributed by atoms with van der Waals surface area (Å²) in [6.45, 7) is 16.3. The molecule has 1 heterocycles. The smallest absolute Gasteiger partial charge is 0.264 e. The van der Waals surface area contributed by atoms with Crippen molar-refractivity contribution in [2.45, 2.75) is 58.3 Å². The summed E-state index contributed by atoms with van der Waals surface area (Å²) in [6, 6.07) is 25.7. The molecule has 5 rings (SSSR count). The maximum absolute atomic E-state index is 11.3. The van der Waals surface area contributed by atoms with Gasteiger partial charge in [0.05, 0.1) is 5.75 Å². The molecule has 0 saturated heterocycles. The highest BCUT2D eigenvalue weighted by atomic mass is 32.2. The first-order chi connectivity index (χ1) is 21.8. The van der Waals surface area contributed by atoms with Crippen molar-refractivity contribution in [2.24, 2.45) is 0 Å². The fourth-order valence-corrected chi connectivity index (χ4v) is 7.49. The number of fused-ring (bicyclic) bond motifs is 4. The van der Waals surface area contributed by atoms with Crippen molar-refractivity contribution >= 4 is 37.4 Å². The van der Waals surface area contributed by atoms with E-state index < -0.39 is 10.1 Å². The van der Waals surface area contributed by atoms with E-state index in [9.17, 15) is 13.0 Å². The Balaban J connectivity index is 1.34. The quantitative estimate of drug-likeness (QED) is 0.102. The molecule has 0 amide bonds. The zero-order valence-electron chi connectivity index (χ0n) is 27.6. The standard InChI is InChI=1S/C41H45NO3S/c1-30-24-25-32-19-12-14-21-34(32)38(30)40(3,4)31(2)18-10-8-7-9-11-23-37-41(5,6)39-35-22-15-13-20-33(35)26-27-36(39)42(37)28-16-17-29-46(43,44)45/h7-15,18-27H,2,16-17,28-29H2,1,3-6H3,(H,43,44,45)/b8-7+,11-9+,18-10+,37-23+. The normalized spacial score (nSPS) is 16.1. The first kappa shape index (κ1) is 33.2. The van der Waals surface area contributed by atoms with E-state index in [1.807, 2.05) is 24.3 Å². The lowest BCUT2D eigenvalue weighted by Gasteiger charge is -2.29. The SMILES string of the molecule is C=C(/C=C/C=C/C=C/C=C1/N(CCCCS(=O)(=O)O)c2ccc3ccccc3c2C1(C)C)C(C)(C)c1c(C)ccc2ccccc12. The average Bonchev–Trinajstić information content (AvgIpc) is 3.23. The molecule has 0 atom stereocenters. The van der Waals surface area contributed by atoms with Gasteiger partial charge in [0.15, 0.2) is 0 Å². The summed E-state index contributed by atoms with van der Waals surface area (Å²) >= 11 is 0. The predicted octanol–water partition coefficient (Wildman–Crippen LogP) is 10.2. The molecule has 5 heteroatoms. The Bertz CT molecular complexity index is 2010. The summed E-state index contributed by atoms with van der Waals surface area (Å²) in [5, 5.41) is 4.94. The number of aryl methyl sites for hydroxylation is 1. The van der Waals surface area contributed by atoms with Gasteiger partial charge in [-0.2, -0.15) is 8.42 Å². The molecule has 4 nitrogen and oxygen atoms in total. The van der Waals surface area contributed by atoms with Gasteiger partial charge < -0.3 is 4.90 Å². The van der Waals surface area contributed by atoms with Gasteiger partial charge in [-0.25, -0.2) is 0 Å². The van der Waals surface area contributed by atoms with Gasteiger partial charge >= 0.3 is 0 Å². The minimum absolute atomic E-state index is 0.225. The largest absolute Gasteiger partial charge is 0.344 e. The van der Waals surface area contributed by atoms with Gasteiger partial charge in [0, 0.05) is 28.8 Å². The molecule has 0 spiro atoms. The third-order valence-electron chi connectivity index (χ3n) is 9.35. The van der Waals surface area contributed by atoms with Crippen molar-refractivity contribution in [2.75, 3.05) is 17.2 Å². The number of anilines is 1. The maximum atomic E-state index is 11.3. The monoisotopic (exact) mass is 631 g/mol. The van der Waals surface area contributed by atoms with Crippen LogP contribution in [0.5, 0.6) is 0 Å². The summed E-state index contributed by atoms with van der Waals surface area (Å²) < 4.78 is 31.8. The molecule has 238 valence electrons. The highest BCUT2D eigenvalue weighted by molar-refractivity contribution is 7.85. The van der Waals surface area contributed by atoms with E-state index >= 15 is 0 Å². The number of hydrogen-bond donors (Lipinski definition) is 1. The van der Waals surface area contributed by atoms with Crippen LogP contribution in [-0.4, -0.2) is 25.3 Å². The molecule has 0 radical (unpaired) electrons. The van der Waals surface area contributed by atoms with E-state index in [0.29, 0.717) is 19.4 Å². The Morgan fingerprint density at radius 1 is 0.848 bits per heavy atom. The molecular weight excluding hydrogens is 587 g/mol. The van der Waals surface area contributed by atoms with Crippen LogP contribution < -0.4 is 4.90 Å². The number of hydrogen-bond acceptors (Lipinski definition) is 3. The summed E-state index contributed by atoms with van der Waals surface area (Å²) in [7, 11) is -3.97. The Morgan fingerprint density at radius 3 is 2.17 bits per heavy atom. The second-order valence-corrected chi connectivity index (χ2v) is 14.8. The van der Waals surface area contributed by atoms with Crippen LogP contribution in [0.4, 0.5) is 5.69 Å². The van der Waals surface area contributed by atoms with Crippen LogP contribution in [-0.2, 0) is 20.9 Å².